The summed E-state index contributed by atoms with van der Waals surface area (Å²) in [7, 11) is 0. The van der Waals surface area contributed by atoms with Crippen molar-refractivity contribution < 1.29 is 9.26 Å². The quantitative estimate of drug-likeness (QED) is 0.885. The van der Waals surface area contributed by atoms with Crippen LogP contribution in [0, 0.1) is 0 Å². The molecule has 5 heteroatoms. The highest BCUT2D eigenvalue weighted by Crippen LogP contribution is 2.26. The Labute approximate surface area is 107 Å². The third kappa shape index (κ3) is 2.72. The number of aromatic nitrogens is 2. The summed E-state index contributed by atoms with van der Waals surface area (Å²) in [5.41, 5.74) is 0. The van der Waals surface area contributed by atoms with Gasteiger partial charge in [-0.1, -0.05) is 5.16 Å². The van der Waals surface area contributed by atoms with Crippen LogP contribution in [0.2, 0.25) is 0 Å². The second-order valence-corrected chi connectivity index (χ2v) is 5.46. The molecule has 1 N–H and O–H groups in total. The van der Waals surface area contributed by atoms with E-state index >= 15 is 0 Å². The van der Waals surface area contributed by atoms with E-state index in [1.165, 1.54) is 0 Å². The van der Waals surface area contributed by atoms with E-state index in [1.807, 2.05) is 0 Å². The molecule has 2 aliphatic rings. The van der Waals surface area contributed by atoms with Gasteiger partial charge in [-0.05, 0) is 39.2 Å². The minimum atomic E-state index is 0.294. The van der Waals surface area contributed by atoms with Gasteiger partial charge in [0.05, 0.1) is 6.10 Å². The van der Waals surface area contributed by atoms with Crippen LogP contribution in [-0.4, -0.2) is 35.4 Å². The van der Waals surface area contributed by atoms with E-state index in [4.69, 9.17) is 9.26 Å². The van der Waals surface area contributed by atoms with Crippen molar-refractivity contribution in [2.24, 2.45) is 0 Å². The van der Waals surface area contributed by atoms with Gasteiger partial charge in [-0.25, -0.2) is 0 Å². The van der Waals surface area contributed by atoms with E-state index in [2.05, 4.69) is 22.4 Å². The minimum Gasteiger partial charge on any atom is -0.378 e. The summed E-state index contributed by atoms with van der Waals surface area (Å²) in [5.74, 6) is 2.05. The molecule has 100 valence electrons. The second kappa shape index (κ2) is 5.36. The molecule has 3 unspecified atom stereocenters. The van der Waals surface area contributed by atoms with Gasteiger partial charge in [0, 0.05) is 25.0 Å². The maximum atomic E-state index is 5.60. The fraction of sp³-hybridized carbons (Fsp3) is 0.846. The first-order chi connectivity index (χ1) is 8.81. The molecule has 0 bridgehead atoms. The van der Waals surface area contributed by atoms with Gasteiger partial charge in [-0.2, -0.15) is 4.98 Å². The minimum absolute atomic E-state index is 0.294. The number of rotatable bonds is 3. The van der Waals surface area contributed by atoms with Crippen LogP contribution in [0.1, 0.15) is 50.2 Å². The molecule has 0 saturated carbocycles. The molecule has 2 saturated heterocycles. The van der Waals surface area contributed by atoms with E-state index in [9.17, 15) is 0 Å². The summed E-state index contributed by atoms with van der Waals surface area (Å²) in [4.78, 5) is 4.55. The predicted octanol–water partition coefficient (Wildman–Crippen LogP) is 1.65. The zero-order valence-corrected chi connectivity index (χ0v) is 10.9. The fourth-order valence-electron chi connectivity index (χ4n) is 2.88. The molecule has 1 aromatic rings. The molecule has 3 atom stereocenters. The Kier molecular flexibility index (Phi) is 3.61. The van der Waals surface area contributed by atoms with E-state index in [-0.39, 0.29) is 0 Å². The third-order valence-corrected chi connectivity index (χ3v) is 3.89. The van der Waals surface area contributed by atoms with Crippen molar-refractivity contribution in [1.29, 1.82) is 0 Å². The maximum absolute atomic E-state index is 5.60. The van der Waals surface area contributed by atoms with E-state index < -0.39 is 0 Å². The van der Waals surface area contributed by atoms with Crippen LogP contribution >= 0.6 is 0 Å². The normalized spacial score (nSPS) is 32.8. The van der Waals surface area contributed by atoms with Crippen LogP contribution in [0.15, 0.2) is 4.52 Å². The van der Waals surface area contributed by atoms with E-state index in [1.54, 1.807) is 0 Å². The Morgan fingerprint density at radius 3 is 3.11 bits per heavy atom. The molecule has 0 amide bonds. The highest BCUT2D eigenvalue weighted by molar-refractivity contribution is 4.98. The van der Waals surface area contributed by atoms with Crippen LogP contribution in [0.25, 0.3) is 0 Å². The largest absolute Gasteiger partial charge is 0.378 e. The molecule has 0 aromatic carbocycles. The molecular formula is C13H21N3O2. The summed E-state index contributed by atoms with van der Waals surface area (Å²) >= 11 is 0. The van der Waals surface area contributed by atoms with Crippen molar-refractivity contribution in [1.82, 2.24) is 15.5 Å². The third-order valence-electron chi connectivity index (χ3n) is 3.89. The Balaban J connectivity index is 1.61. The van der Waals surface area contributed by atoms with Gasteiger partial charge >= 0.3 is 0 Å². The van der Waals surface area contributed by atoms with Crippen LogP contribution in [0.4, 0.5) is 0 Å². The lowest BCUT2D eigenvalue weighted by Crippen LogP contribution is -2.34. The highest BCUT2D eigenvalue weighted by atomic mass is 16.5. The lowest BCUT2D eigenvalue weighted by molar-refractivity contribution is 0.109. The zero-order chi connectivity index (χ0) is 12.4. The van der Waals surface area contributed by atoms with Crippen molar-refractivity contribution in [2.45, 2.75) is 57.1 Å². The van der Waals surface area contributed by atoms with Gasteiger partial charge in [0.15, 0.2) is 5.82 Å². The van der Waals surface area contributed by atoms with Crippen molar-refractivity contribution >= 4 is 0 Å². The highest BCUT2D eigenvalue weighted by Gasteiger charge is 2.26. The second-order valence-electron chi connectivity index (χ2n) is 5.46. The summed E-state index contributed by atoms with van der Waals surface area (Å²) in [5, 5.41) is 7.53. The Bertz CT molecular complexity index is 387. The molecule has 2 aliphatic heterocycles. The zero-order valence-electron chi connectivity index (χ0n) is 10.9. The van der Waals surface area contributed by atoms with Crippen molar-refractivity contribution in [2.75, 3.05) is 13.2 Å². The fourth-order valence-corrected chi connectivity index (χ4v) is 2.88. The van der Waals surface area contributed by atoms with Gasteiger partial charge in [0.2, 0.25) is 5.89 Å². The molecule has 3 heterocycles. The predicted molar refractivity (Wildman–Crippen MR) is 66.4 cm³/mol. The average Bonchev–Trinajstić information content (AvgIpc) is 3.01. The number of ether oxygens (including phenoxy) is 1. The van der Waals surface area contributed by atoms with Crippen LogP contribution in [-0.2, 0) is 11.2 Å². The molecule has 2 fully saturated rings. The summed E-state index contributed by atoms with van der Waals surface area (Å²) in [6.45, 7) is 4.12. The first-order valence-corrected chi connectivity index (χ1v) is 6.98. The van der Waals surface area contributed by atoms with Crippen molar-refractivity contribution in [3.63, 3.8) is 0 Å². The number of nitrogens with zero attached hydrogens (tertiary/aromatic N) is 2. The number of hydrogen-bond acceptors (Lipinski definition) is 5. The van der Waals surface area contributed by atoms with Gasteiger partial charge in [0.1, 0.15) is 0 Å². The molecule has 18 heavy (non-hydrogen) atoms. The molecule has 5 nitrogen and oxygen atoms in total. The lowest BCUT2D eigenvalue weighted by atomic mass is 9.93. The van der Waals surface area contributed by atoms with E-state index in [0.29, 0.717) is 18.1 Å². The summed E-state index contributed by atoms with van der Waals surface area (Å²) in [6.07, 6.45) is 5.54. The van der Waals surface area contributed by atoms with Crippen molar-refractivity contribution in [3.05, 3.63) is 11.7 Å². The molecule has 0 radical (unpaired) electrons. The molecular weight excluding hydrogens is 230 g/mol. The first-order valence-electron chi connectivity index (χ1n) is 6.98. The topological polar surface area (TPSA) is 60.2 Å². The molecule has 0 spiro atoms. The van der Waals surface area contributed by atoms with E-state index in [0.717, 1.165) is 57.0 Å². The Morgan fingerprint density at radius 2 is 2.33 bits per heavy atom. The summed E-state index contributed by atoms with van der Waals surface area (Å²) in [6, 6.07) is 0.539. The van der Waals surface area contributed by atoms with Gasteiger partial charge in [-0.3, -0.25) is 0 Å². The lowest BCUT2D eigenvalue weighted by Gasteiger charge is -2.25. The van der Waals surface area contributed by atoms with Crippen LogP contribution < -0.4 is 5.32 Å². The maximum Gasteiger partial charge on any atom is 0.229 e. The van der Waals surface area contributed by atoms with Gasteiger partial charge in [0.25, 0.3) is 0 Å². The molecule has 1 aromatic heterocycles. The Morgan fingerprint density at radius 1 is 1.39 bits per heavy atom. The van der Waals surface area contributed by atoms with Crippen molar-refractivity contribution in [3.8, 4) is 0 Å². The molecule has 0 aliphatic carbocycles. The van der Waals surface area contributed by atoms with Crippen LogP contribution in [0.5, 0.6) is 0 Å². The number of nitrogens with one attached hydrogen (secondary N) is 1. The number of hydrogen-bond donors (Lipinski definition) is 1. The monoisotopic (exact) mass is 251 g/mol. The Hall–Kier alpha value is -0.940. The van der Waals surface area contributed by atoms with Gasteiger partial charge < -0.3 is 14.6 Å². The SMILES string of the molecule is CC1CC(c2nc(CC3CCCO3)no2)CCN1. The molecule has 3 rings (SSSR count). The smallest absolute Gasteiger partial charge is 0.229 e. The van der Waals surface area contributed by atoms with Gasteiger partial charge in [-0.15, -0.1) is 0 Å². The first kappa shape index (κ1) is 12.1. The standard InChI is InChI=1S/C13H21N3O2/c1-9-7-10(4-5-14-9)13-15-12(16-18-13)8-11-3-2-6-17-11/h9-11,14H,2-8H2,1H3. The average molecular weight is 251 g/mol. The number of piperidine rings is 1. The van der Waals surface area contributed by atoms with Crippen LogP contribution in [0.3, 0.4) is 0 Å². The summed E-state index contributed by atoms with van der Waals surface area (Å²) < 4.78 is 11.0.